The lowest BCUT2D eigenvalue weighted by molar-refractivity contribution is -0.171. The number of carbonyl (C=O) groups is 2. The highest BCUT2D eigenvalue weighted by Gasteiger charge is 2.65. The number of esters is 2. The molecule has 1 saturated carbocycles. The maximum Gasteiger partial charge on any atom is 0.323 e. The fraction of sp³-hybridized carbons (Fsp3) is 0.412. The summed E-state index contributed by atoms with van der Waals surface area (Å²) in [5.41, 5.74) is -0.374. The Bertz CT molecular complexity index is 588. The number of ether oxygens (including phenoxy) is 2. The molecule has 0 N–H and O–H groups in total. The minimum absolute atomic E-state index is 0.169. The van der Waals surface area contributed by atoms with Gasteiger partial charge in [-0.2, -0.15) is 0 Å². The highest BCUT2D eigenvalue weighted by atomic mass is 16.5. The number of hydrogen-bond acceptors (Lipinski definition) is 4. The van der Waals surface area contributed by atoms with Crippen molar-refractivity contribution < 1.29 is 19.1 Å². The zero-order valence-electron chi connectivity index (χ0n) is 12.2. The van der Waals surface area contributed by atoms with Gasteiger partial charge in [-0.05, 0) is 18.4 Å². The van der Waals surface area contributed by atoms with Crippen LogP contribution in [0, 0.1) is 11.3 Å². The molecule has 2 unspecified atom stereocenters. The molecule has 1 fully saturated rings. The molecule has 110 valence electrons. The minimum atomic E-state index is -1.21. The Labute approximate surface area is 123 Å². The van der Waals surface area contributed by atoms with E-state index in [2.05, 4.69) is 6.08 Å². The third-order valence-electron chi connectivity index (χ3n) is 4.91. The van der Waals surface area contributed by atoms with Crippen LogP contribution in [0.15, 0.2) is 42.5 Å². The monoisotopic (exact) mass is 286 g/mol. The van der Waals surface area contributed by atoms with Crippen molar-refractivity contribution >= 4 is 11.9 Å². The van der Waals surface area contributed by atoms with Crippen LogP contribution in [0.2, 0.25) is 0 Å². The summed E-state index contributed by atoms with van der Waals surface area (Å²) in [6.07, 6.45) is 5.23. The lowest BCUT2D eigenvalue weighted by Crippen LogP contribution is -2.45. The molecule has 1 aromatic carbocycles. The largest absolute Gasteiger partial charge is 0.468 e. The molecule has 2 bridgehead atoms. The molecule has 0 heterocycles. The van der Waals surface area contributed by atoms with Crippen molar-refractivity contribution in [3.8, 4) is 0 Å². The quantitative estimate of drug-likeness (QED) is 0.486. The van der Waals surface area contributed by atoms with Gasteiger partial charge < -0.3 is 9.47 Å². The predicted octanol–water partition coefficient (Wildman–Crippen LogP) is 2.24. The van der Waals surface area contributed by atoms with Crippen molar-refractivity contribution in [1.29, 1.82) is 0 Å². The maximum absolute atomic E-state index is 12.3. The molecule has 2 aliphatic rings. The van der Waals surface area contributed by atoms with Gasteiger partial charge in [0.05, 0.1) is 14.2 Å². The number of rotatable bonds is 3. The summed E-state index contributed by atoms with van der Waals surface area (Å²) in [4.78, 5) is 24.7. The standard InChI is InChI=1S/C17H18O4/c1-20-14(18)17(15(19)21-2)11-16(9-8-13(17)10-16)12-6-4-3-5-7-12/h3-9,13H,10-11H2,1-2H3. The van der Waals surface area contributed by atoms with Crippen LogP contribution in [0.25, 0.3) is 0 Å². The van der Waals surface area contributed by atoms with Crippen LogP contribution in [-0.4, -0.2) is 26.2 Å². The van der Waals surface area contributed by atoms with Crippen molar-refractivity contribution in [2.24, 2.45) is 11.3 Å². The Balaban J connectivity index is 2.07. The lowest BCUT2D eigenvalue weighted by Gasteiger charge is -2.32. The Kier molecular flexibility index (Phi) is 3.12. The molecular formula is C17H18O4. The van der Waals surface area contributed by atoms with Gasteiger partial charge in [0.25, 0.3) is 0 Å². The highest BCUT2D eigenvalue weighted by Crippen LogP contribution is 2.60. The summed E-state index contributed by atoms with van der Waals surface area (Å²) >= 11 is 0. The molecule has 0 spiro atoms. The molecule has 21 heavy (non-hydrogen) atoms. The number of hydrogen-bond donors (Lipinski definition) is 0. The Morgan fingerprint density at radius 1 is 1.10 bits per heavy atom. The smallest absolute Gasteiger partial charge is 0.323 e. The number of fused-ring (bicyclic) bond motifs is 2. The fourth-order valence-corrected chi connectivity index (χ4v) is 3.91. The van der Waals surface area contributed by atoms with Crippen LogP contribution in [0.1, 0.15) is 18.4 Å². The van der Waals surface area contributed by atoms with Gasteiger partial charge >= 0.3 is 11.9 Å². The van der Waals surface area contributed by atoms with Crippen LogP contribution in [0.4, 0.5) is 0 Å². The second kappa shape index (κ2) is 4.72. The average molecular weight is 286 g/mol. The van der Waals surface area contributed by atoms with Gasteiger partial charge in [0.1, 0.15) is 0 Å². The molecule has 4 heteroatoms. The molecule has 2 atom stereocenters. The van der Waals surface area contributed by atoms with Gasteiger partial charge in [0.2, 0.25) is 0 Å². The topological polar surface area (TPSA) is 52.6 Å². The number of benzene rings is 1. The van der Waals surface area contributed by atoms with Crippen LogP contribution in [-0.2, 0) is 24.5 Å². The van der Waals surface area contributed by atoms with E-state index >= 15 is 0 Å². The van der Waals surface area contributed by atoms with E-state index in [9.17, 15) is 9.59 Å². The number of carbonyl (C=O) groups excluding carboxylic acids is 2. The summed E-state index contributed by atoms with van der Waals surface area (Å²) in [6, 6.07) is 9.98. The van der Waals surface area contributed by atoms with E-state index in [1.54, 1.807) is 0 Å². The van der Waals surface area contributed by atoms with Gasteiger partial charge in [-0.15, -0.1) is 0 Å². The minimum Gasteiger partial charge on any atom is -0.468 e. The van der Waals surface area contributed by atoms with Crippen molar-refractivity contribution in [3.63, 3.8) is 0 Å². The summed E-state index contributed by atoms with van der Waals surface area (Å²) in [5, 5.41) is 0. The summed E-state index contributed by atoms with van der Waals surface area (Å²) in [5.74, 6) is -1.17. The third kappa shape index (κ3) is 1.75. The van der Waals surface area contributed by atoms with Crippen LogP contribution in [0.3, 0.4) is 0 Å². The Hall–Kier alpha value is -2.10. The van der Waals surface area contributed by atoms with Crippen LogP contribution in [0.5, 0.6) is 0 Å². The summed E-state index contributed by atoms with van der Waals surface area (Å²) in [6.45, 7) is 0. The first kappa shape index (κ1) is 13.9. The van der Waals surface area contributed by atoms with Crippen LogP contribution >= 0.6 is 0 Å². The second-order valence-electron chi connectivity index (χ2n) is 5.82. The number of allylic oxidation sites excluding steroid dienone is 2. The van der Waals surface area contributed by atoms with Gasteiger partial charge in [-0.25, -0.2) is 0 Å². The first-order valence-electron chi connectivity index (χ1n) is 7.01. The van der Waals surface area contributed by atoms with Crippen molar-refractivity contribution in [2.45, 2.75) is 18.3 Å². The van der Waals surface area contributed by atoms with E-state index in [-0.39, 0.29) is 11.3 Å². The summed E-state index contributed by atoms with van der Waals surface area (Å²) in [7, 11) is 2.63. The van der Waals surface area contributed by atoms with Crippen molar-refractivity contribution in [3.05, 3.63) is 48.0 Å². The molecule has 0 radical (unpaired) electrons. The van der Waals surface area contributed by atoms with Crippen molar-refractivity contribution in [1.82, 2.24) is 0 Å². The van der Waals surface area contributed by atoms with Crippen molar-refractivity contribution in [2.75, 3.05) is 14.2 Å². The molecule has 1 aromatic rings. The molecular weight excluding hydrogens is 268 g/mol. The zero-order chi connectivity index (χ0) is 15.1. The zero-order valence-corrected chi connectivity index (χ0v) is 12.2. The molecule has 2 aliphatic carbocycles. The Morgan fingerprint density at radius 3 is 2.29 bits per heavy atom. The van der Waals surface area contributed by atoms with Gasteiger partial charge in [-0.3, -0.25) is 9.59 Å². The Morgan fingerprint density at radius 2 is 1.71 bits per heavy atom. The van der Waals surface area contributed by atoms with Gasteiger partial charge in [-0.1, -0.05) is 42.5 Å². The van der Waals surface area contributed by atoms with Gasteiger partial charge in [0.15, 0.2) is 5.41 Å². The predicted molar refractivity (Wildman–Crippen MR) is 76.4 cm³/mol. The second-order valence-corrected chi connectivity index (χ2v) is 5.82. The summed E-state index contributed by atoms with van der Waals surface area (Å²) < 4.78 is 9.84. The van der Waals surface area contributed by atoms with E-state index in [1.807, 2.05) is 36.4 Å². The maximum atomic E-state index is 12.3. The number of methoxy groups -OCH3 is 2. The van der Waals surface area contributed by atoms with E-state index in [4.69, 9.17) is 9.47 Å². The molecule has 4 nitrogen and oxygen atoms in total. The fourth-order valence-electron chi connectivity index (χ4n) is 3.91. The average Bonchev–Trinajstić information content (AvgIpc) is 3.12. The van der Waals surface area contributed by atoms with Gasteiger partial charge in [0, 0.05) is 11.3 Å². The van der Waals surface area contributed by atoms with Crippen LogP contribution < -0.4 is 0 Å². The molecule has 0 saturated heterocycles. The van der Waals surface area contributed by atoms with E-state index in [0.717, 1.165) is 12.0 Å². The van der Waals surface area contributed by atoms with E-state index < -0.39 is 17.4 Å². The third-order valence-corrected chi connectivity index (χ3v) is 4.91. The van der Waals surface area contributed by atoms with E-state index in [1.165, 1.54) is 14.2 Å². The SMILES string of the molecule is COC(=O)C1(C(=O)OC)CC2(c3ccccc3)C=CC1C2. The molecule has 0 aromatic heterocycles. The lowest BCUT2D eigenvalue weighted by atomic mass is 9.71. The molecule has 0 amide bonds. The molecule has 0 aliphatic heterocycles. The van der Waals surface area contributed by atoms with E-state index in [0.29, 0.717) is 6.42 Å². The molecule has 3 rings (SSSR count). The first-order chi connectivity index (χ1) is 10.1. The first-order valence-corrected chi connectivity index (χ1v) is 7.01. The highest BCUT2D eigenvalue weighted by molar-refractivity contribution is 6.02. The normalized spacial score (nSPS) is 28.4.